The molecule has 0 amide bonds. The van der Waals surface area contributed by atoms with Crippen molar-refractivity contribution in [2.45, 2.75) is 9.41 Å². The van der Waals surface area contributed by atoms with Gasteiger partial charge < -0.3 is 0 Å². The molecule has 0 aliphatic heterocycles. The van der Waals surface area contributed by atoms with Crippen molar-refractivity contribution in [2.24, 2.45) is 0 Å². The van der Waals surface area contributed by atoms with Crippen molar-refractivity contribution in [1.29, 1.82) is 0 Å². The minimum Gasteiger partial charge on any atom is -0.283 e. The predicted octanol–water partition coefficient (Wildman–Crippen LogP) is -3.72. The van der Waals surface area contributed by atoms with Crippen molar-refractivity contribution in [3.05, 3.63) is 0 Å². The maximum Gasteiger partial charge on any atom is 0.298 e. The largest absolute Gasteiger partial charge is 0.298 e. The summed E-state index contributed by atoms with van der Waals surface area (Å²) in [7, 11) is -21.2. The third-order valence-corrected chi connectivity index (χ3v) is 7.58. The molecule has 0 saturated heterocycles. The molecule has 18 heteroatoms. The lowest BCUT2D eigenvalue weighted by molar-refractivity contribution is 0.428. The van der Waals surface area contributed by atoms with Gasteiger partial charge in [-0.1, -0.05) is 0 Å². The van der Waals surface area contributed by atoms with E-state index in [0.29, 0.717) is 0 Å². The zero-order valence-electron chi connectivity index (χ0n) is 10.3. The Labute approximate surface area is 125 Å². The van der Waals surface area contributed by atoms with Crippen LogP contribution in [0.25, 0.3) is 0 Å². The summed E-state index contributed by atoms with van der Waals surface area (Å²) in [6.07, 6.45) is 0. The van der Waals surface area contributed by atoms with Gasteiger partial charge in [0.2, 0.25) is 0 Å². The molecule has 0 aromatic rings. The van der Waals surface area contributed by atoms with Crippen LogP contribution in [0.4, 0.5) is 0 Å². The first-order valence-electron chi connectivity index (χ1n) is 4.79. The van der Waals surface area contributed by atoms with E-state index in [0.717, 1.165) is 0 Å². The van der Waals surface area contributed by atoms with Crippen molar-refractivity contribution < 1.29 is 51.9 Å². The molecule has 0 heterocycles. The molecule has 0 aromatic carbocycles. The zero-order valence-corrected chi connectivity index (χ0v) is 13.5. The van der Waals surface area contributed by atoms with Crippen LogP contribution in [-0.2, 0) is 40.5 Å². The van der Waals surface area contributed by atoms with Gasteiger partial charge in [0.15, 0.2) is 0 Å². The summed E-state index contributed by atoms with van der Waals surface area (Å²) in [5, 5.41) is 3.13. The van der Waals surface area contributed by atoms with E-state index < -0.39 is 63.0 Å². The maximum absolute atomic E-state index is 10.7. The van der Waals surface area contributed by atoms with Crippen molar-refractivity contribution >= 4 is 40.5 Å². The van der Waals surface area contributed by atoms with E-state index in [1.807, 2.05) is 0 Å². The Hall–Kier alpha value is -0.440. The Bertz CT molecular complexity index is 657. The summed E-state index contributed by atoms with van der Waals surface area (Å²) in [6, 6.07) is 0. The van der Waals surface area contributed by atoms with E-state index in [2.05, 4.69) is 0 Å². The highest BCUT2D eigenvalue weighted by Gasteiger charge is 2.36. The Morgan fingerprint density at radius 3 is 0.864 bits per heavy atom. The van der Waals surface area contributed by atoms with E-state index in [1.54, 1.807) is 10.6 Å². The molecule has 14 nitrogen and oxygen atoms in total. The highest BCUT2D eigenvalue weighted by molar-refractivity contribution is 8.04. The van der Waals surface area contributed by atoms with E-state index >= 15 is 0 Å². The fraction of sp³-hybridized carbons (Fsp3) is 1.00. The van der Waals surface area contributed by atoms with E-state index in [-0.39, 0.29) is 0 Å². The van der Waals surface area contributed by atoms with Gasteiger partial charge in [-0.15, -0.1) is 0 Å². The molecule has 134 valence electrons. The lowest BCUT2D eigenvalue weighted by atomic mass is 10.6. The first-order valence-corrected chi connectivity index (χ1v) is 10.8. The lowest BCUT2D eigenvalue weighted by Crippen LogP contribution is -2.49. The summed E-state index contributed by atoms with van der Waals surface area (Å²) in [4.78, 5) is 0. The maximum atomic E-state index is 10.7. The third-order valence-electron chi connectivity index (χ3n) is 1.83. The monoisotopic (exact) mass is 408 g/mol. The average Bonchev–Trinajstić information content (AvgIpc) is 2.14. The molecule has 22 heavy (non-hydrogen) atoms. The molecule has 0 atom stereocenters. The number of hydrogen-bond donors (Lipinski definition) is 6. The van der Waals surface area contributed by atoms with Gasteiger partial charge in [-0.05, 0) is 0 Å². The van der Waals surface area contributed by atoms with Crippen LogP contribution < -0.4 is 10.6 Å². The Morgan fingerprint density at radius 2 is 0.727 bits per heavy atom. The van der Waals surface area contributed by atoms with Gasteiger partial charge in [-0.25, -0.2) is 0 Å². The Kier molecular flexibility index (Phi) is 6.84. The Morgan fingerprint density at radius 1 is 0.545 bits per heavy atom. The molecule has 0 spiro atoms. The van der Waals surface area contributed by atoms with Crippen molar-refractivity contribution in [3.63, 3.8) is 0 Å². The summed E-state index contributed by atoms with van der Waals surface area (Å²) >= 11 is 0. The van der Waals surface area contributed by atoms with Gasteiger partial charge in [0.25, 0.3) is 49.9 Å². The van der Waals surface area contributed by atoms with Gasteiger partial charge >= 0.3 is 0 Å². The molecule has 0 bridgehead atoms. The first-order chi connectivity index (χ1) is 9.47. The van der Waals surface area contributed by atoms with Crippen molar-refractivity contribution in [3.8, 4) is 0 Å². The second-order valence-electron chi connectivity index (χ2n) is 3.63. The fourth-order valence-electron chi connectivity index (χ4n) is 1.11. The van der Waals surface area contributed by atoms with Gasteiger partial charge in [0.05, 0.1) is 0 Å². The standard InChI is InChI=1S/C4H12N2O12S4/c7-19(8,9)3(20(10,11)12)5-1-2-6-4(21(13,14)15)22(16,17)18/h3-6H,1-2H2,(H,7,8,9)(H,10,11,12)(H,13,14,15)(H,16,17,18). The summed E-state index contributed by atoms with van der Waals surface area (Å²) < 4.78 is 114. The van der Waals surface area contributed by atoms with Crippen LogP contribution in [0.1, 0.15) is 0 Å². The molecule has 0 fully saturated rings. The zero-order chi connectivity index (χ0) is 18.0. The smallest absolute Gasteiger partial charge is 0.283 e. The van der Waals surface area contributed by atoms with Crippen LogP contribution in [-0.4, -0.2) is 74.4 Å². The topological polar surface area (TPSA) is 242 Å². The summed E-state index contributed by atoms with van der Waals surface area (Å²) in [6.45, 7) is -1.63. The SMILES string of the molecule is O=S(=O)(O)C(NCCNC(S(=O)(=O)O)S(=O)(=O)O)S(=O)(=O)O. The van der Waals surface area contributed by atoms with Crippen LogP contribution in [0.3, 0.4) is 0 Å². The van der Waals surface area contributed by atoms with Crippen LogP contribution in [0, 0.1) is 0 Å². The summed E-state index contributed by atoms with van der Waals surface area (Å²) in [5.41, 5.74) is 0. The van der Waals surface area contributed by atoms with Gasteiger partial charge in [-0.3, -0.25) is 28.8 Å². The fourth-order valence-corrected chi connectivity index (χ4v) is 4.88. The molecular formula is C4H12N2O12S4. The van der Waals surface area contributed by atoms with Crippen LogP contribution in [0.5, 0.6) is 0 Å². The molecule has 0 aliphatic carbocycles. The first kappa shape index (κ1) is 21.6. The molecule has 0 aromatic heterocycles. The Balaban J connectivity index is 4.92. The second-order valence-corrected chi connectivity index (χ2v) is 10.2. The predicted molar refractivity (Wildman–Crippen MR) is 69.8 cm³/mol. The van der Waals surface area contributed by atoms with Crippen molar-refractivity contribution in [2.75, 3.05) is 13.1 Å². The minimum absolute atomic E-state index is 0.814. The van der Waals surface area contributed by atoms with Crippen LogP contribution >= 0.6 is 0 Å². The highest BCUT2D eigenvalue weighted by atomic mass is 32.3. The quantitative estimate of drug-likeness (QED) is 0.159. The lowest BCUT2D eigenvalue weighted by Gasteiger charge is -2.15. The van der Waals surface area contributed by atoms with Gasteiger partial charge in [0, 0.05) is 13.1 Å². The van der Waals surface area contributed by atoms with E-state index in [1.165, 1.54) is 0 Å². The highest BCUT2D eigenvalue weighted by Crippen LogP contribution is 2.04. The molecule has 0 rings (SSSR count). The molecule has 0 unspecified atom stereocenters. The number of hydrogen-bond acceptors (Lipinski definition) is 10. The van der Waals surface area contributed by atoms with Crippen molar-refractivity contribution in [1.82, 2.24) is 10.6 Å². The van der Waals surface area contributed by atoms with Gasteiger partial charge in [-0.2, -0.15) is 33.7 Å². The minimum atomic E-state index is -5.29. The van der Waals surface area contributed by atoms with E-state index in [4.69, 9.17) is 18.2 Å². The number of nitrogens with one attached hydrogen (secondary N) is 2. The van der Waals surface area contributed by atoms with Crippen LogP contribution in [0.2, 0.25) is 0 Å². The molecule has 6 N–H and O–H groups in total. The third kappa shape index (κ3) is 7.21. The van der Waals surface area contributed by atoms with E-state index in [9.17, 15) is 33.7 Å². The second kappa shape index (κ2) is 6.98. The average molecular weight is 408 g/mol. The van der Waals surface area contributed by atoms with Gasteiger partial charge in [0.1, 0.15) is 0 Å². The molecular weight excluding hydrogens is 396 g/mol. The molecule has 0 radical (unpaired) electrons. The van der Waals surface area contributed by atoms with Crippen LogP contribution in [0.15, 0.2) is 0 Å². The normalized spacial score (nSPS) is 14.6. The molecule has 0 aliphatic rings. The molecule has 0 saturated carbocycles. The summed E-state index contributed by atoms with van der Waals surface area (Å²) in [5.74, 6) is 0. The number of rotatable bonds is 9.